The first-order chi connectivity index (χ1) is 15.9. The van der Waals surface area contributed by atoms with Crippen molar-refractivity contribution in [1.29, 1.82) is 0 Å². The molecule has 2 N–H and O–H groups in total. The first kappa shape index (κ1) is 22.4. The quantitative estimate of drug-likeness (QED) is 0.601. The maximum Gasteiger partial charge on any atom is 0.323 e. The first-order valence-electron chi connectivity index (χ1n) is 11.8. The molecule has 33 heavy (non-hydrogen) atoms. The van der Waals surface area contributed by atoms with Gasteiger partial charge in [0.1, 0.15) is 0 Å². The summed E-state index contributed by atoms with van der Waals surface area (Å²) in [4.78, 5) is 22.7. The van der Waals surface area contributed by atoms with Gasteiger partial charge in [0.15, 0.2) is 9.84 Å². The Morgan fingerprint density at radius 3 is 2.33 bits per heavy atom. The number of likely N-dealkylation sites (tertiary alicyclic amines) is 2. The SMILES string of the molecule is CS(=O)(=O)c1ccccc1CN1CCC(N2CCC(c3ccc4[nH]c(=O)[nH]c4c3)CC2)CC1. The zero-order chi connectivity index (χ0) is 23.0. The Bertz CT molecular complexity index is 1280. The predicted octanol–water partition coefficient (Wildman–Crippen LogP) is 3.10. The summed E-state index contributed by atoms with van der Waals surface area (Å²) in [6.45, 7) is 4.91. The summed E-state index contributed by atoms with van der Waals surface area (Å²) in [5, 5.41) is 0. The normalized spacial score (nSPS) is 19.9. The van der Waals surface area contributed by atoms with Crippen LogP contribution in [0.15, 0.2) is 52.2 Å². The van der Waals surface area contributed by atoms with Crippen LogP contribution in [-0.2, 0) is 16.4 Å². The topological polar surface area (TPSA) is 89.3 Å². The number of nitrogens with one attached hydrogen (secondary N) is 2. The van der Waals surface area contributed by atoms with Gasteiger partial charge in [-0.2, -0.15) is 0 Å². The van der Waals surface area contributed by atoms with Crippen molar-refractivity contribution >= 4 is 20.9 Å². The number of aromatic nitrogens is 2. The van der Waals surface area contributed by atoms with Crippen LogP contribution in [0.3, 0.4) is 0 Å². The summed E-state index contributed by atoms with van der Waals surface area (Å²) < 4.78 is 24.2. The summed E-state index contributed by atoms with van der Waals surface area (Å²) in [7, 11) is -3.21. The van der Waals surface area contributed by atoms with Gasteiger partial charge in [-0.15, -0.1) is 0 Å². The predicted molar refractivity (Wildman–Crippen MR) is 130 cm³/mol. The number of aromatic amines is 2. The van der Waals surface area contributed by atoms with Crippen LogP contribution in [0.5, 0.6) is 0 Å². The van der Waals surface area contributed by atoms with Crippen LogP contribution < -0.4 is 5.69 Å². The lowest BCUT2D eigenvalue weighted by Gasteiger charge is -2.42. The highest BCUT2D eigenvalue weighted by molar-refractivity contribution is 7.90. The first-order valence-corrected chi connectivity index (χ1v) is 13.7. The molecule has 0 atom stereocenters. The van der Waals surface area contributed by atoms with Crippen LogP contribution >= 0.6 is 0 Å². The lowest BCUT2D eigenvalue weighted by atomic mass is 9.88. The van der Waals surface area contributed by atoms with Gasteiger partial charge in [0.2, 0.25) is 0 Å². The number of imidazole rings is 1. The van der Waals surface area contributed by atoms with Crippen LogP contribution in [-0.4, -0.2) is 66.7 Å². The van der Waals surface area contributed by atoms with Gasteiger partial charge in [0.05, 0.1) is 15.9 Å². The van der Waals surface area contributed by atoms with Gasteiger partial charge in [-0.3, -0.25) is 4.90 Å². The number of piperidine rings is 2. The van der Waals surface area contributed by atoms with Crippen molar-refractivity contribution in [1.82, 2.24) is 19.8 Å². The Hall–Kier alpha value is -2.42. The van der Waals surface area contributed by atoms with Crippen molar-refractivity contribution in [3.05, 3.63) is 64.1 Å². The fourth-order valence-electron chi connectivity index (χ4n) is 5.58. The molecule has 3 aromatic rings. The van der Waals surface area contributed by atoms with E-state index in [4.69, 9.17) is 0 Å². The molecule has 2 saturated heterocycles. The van der Waals surface area contributed by atoms with E-state index in [-0.39, 0.29) is 5.69 Å². The summed E-state index contributed by atoms with van der Waals surface area (Å²) in [5.74, 6) is 0.539. The Morgan fingerprint density at radius 2 is 1.61 bits per heavy atom. The van der Waals surface area contributed by atoms with Gasteiger partial charge in [0.25, 0.3) is 0 Å². The minimum absolute atomic E-state index is 0.150. The fourth-order valence-corrected chi connectivity index (χ4v) is 6.52. The fraction of sp³-hybridized carbons (Fsp3) is 0.480. The van der Waals surface area contributed by atoms with E-state index in [2.05, 4.69) is 31.9 Å². The number of sulfone groups is 1. The molecule has 8 heteroatoms. The largest absolute Gasteiger partial charge is 0.323 e. The summed E-state index contributed by atoms with van der Waals surface area (Å²) in [6.07, 6.45) is 5.83. The Balaban J connectivity index is 1.15. The van der Waals surface area contributed by atoms with Crippen LogP contribution in [0.25, 0.3) is 11.0 Å². The van der Waals surface area contributed by atoms with E-state index in [1.54, 1.807) is 12.1 Å². The van der Waals surface area contributed by atoms with Gasteiger partial charge in [-0.05, 0) is 87.1 Å². The van der Waals surface area contributed by atoms with E-state index in [9.17, 15) is 13.2 Å². The Labute approximate surface area is 194 Å². The molecule has 3 heterocycles. The number of rotatable bonds is 5. The monoisotopic (exact) mass is 468 g/mol. The molecule has 0 amide bonds. The molecule has 2 fully saturated rings. The van der Waals surface area contributed by atoms with E-state index in [0.717, 1.165) is 68.5 Å². The average Bonchev–Trinajstić information content (AvgIpc) is 3.19. The van der Waals surface area contributed by atoms with E-state index >= 15 is 0 Å². The Morgan fingerprint density at radius 1 is 0.909 bits per heavy atom. The highest BCUT2D eigenvalue weighted by Gasteiger charge is 2.29. The minimum Gasteiger partial charge on any atom is -0.306 e. The van der Waals surface area contributed by atoms with Crippen LogP contribution in [0.1, 0.15) is 42.7 Å². The van der Waals surface area contributed by atoms with E-state index < -0.39 is 9.84 Å². The maximum absolute atomic E-state index is 12.1. The van der Waals surface area contributed by atoms with Crippen molar-refractivity contribution in [3.63, 3.8) is 0 Å². The highest BCUT2D eigenvalue weighted by atomic mass is 32.2. The van der Waals surface area contributed by atoms with Crippen molar-refractivity contribution < 1.29 is 8.42 Å². The van der Waals surface area contributed by atoms with Gasteiger partial charge >= 0.3 is 5.69 Å². The smallest absolute Gasteiger partial charge is 0.306 e. The van der Waals surface area contributed by atoms with Crippen LogP contribution in [0.4, 0.5) is 0 Å². The van der Waals surface area contributed by atoms with Gasteiger partial charge in [-0.1, -0.05) is 24.3 Å². The molecule has 0 aliphatic carbocycles. The molecule has 2 aromatic carbocycles. The summed E-state index contributed by atoms with van der Waals surface area (Å²) >= 11 is 0. The van der Waals surface area contributed by atoms with E-state index in [1.807, 2.05) is 18.2 Å². The third kappa shape index (κ3) is 4.93. The van der Waals surface area contributed by atoms with Crippen LogP contribution in [0.2, 0.25) is 0 Å². The van der Waals surface area contributed by atoms with Crippen molar-refractivity contribution in [2.45, 2.75) is 49.1 Å². The van der Waals surface area contributed by atoms with Gasteiger partial charge < -0.3 is 14.9 Å². The highest BCUT2D eigenvalue weighted by Crippen LogP contribution is 2.32. The zero-order valence-electron chi connectivity index (χ0n) is 19.1. The second-order valence-electron chi connectivity index (χ2n) is 9.58. The molecule has 0 saturated carbocycles. The Kier molecular flexibility index (Phi) is 6.16. The molecular formula is C25H32N4O3S. The van der Waals surface area contributed by atoms with E-state index in [1.165, 1.54) is 11.8 Å². The number of hydrogen-bond acceptors (Lipinski definition) is 5. The molecule has 0 bridgehead atoms. The average molecular weight is 469 g/mol. The molecule has 176 valence electrons. The molecule has 7 nitrogen and oxygen atoms in total. The molecule has 0 spiro atoms. The number of nitrogens with zero attached hydrogens (tertiary/aromatic N) is 2. The van der Waals surface area contributed by atoms with Crippen molar-refractivity contribution in [2.75, 3.05) is 32.4 Å². The number of H-pyrrole nitrogens is 2. The second kappa shape index (κ2) is 9.08. The summed E-state index contributed by atoms with van der Waals surface area (Å²) in [5.41, 5.74) is 3.83. The standard InChI is InChI=1S/C25H32N4O3S/c1-33(31,32)24-5-3-2-4-20(24)17-28-12-10-21(11-13-28)29-14-8-18(9-15-29)19-6-7-22-23(16-19)27-25(30)26-22/h2-7,16,18,21H,8-15,17H2,1H3,(H2,26,27,30). The lowest BCUT2D eigenvalue weighted by molar-refractivity contribution is 0.0843. The number of benzene rings is 2. The molecular weight excluding hydrogens is 436 g/mol. The molecule has 0 unspecified atom stereocenters. The van der Waals surface area contributed by atoms with E-state index in [0.29, 0.717) is 23.4 Å². The summed E-state index contributed by atoms with van der Waals surface area (Å²) in [6, 6.07) is 14.3. The third-order valence-corrected chi connectivity index (χ3v) is 8.58. The molecule has 0 radical (unpaired) electrons. The minimum atomic E-state index is -3.21. The number of fused-ring (bicyclic) bond motifs is 1. The third-order valence-electron chi connectivity index (χ3n) is 7.38. The van der Waals surface area contributed by atoms with Gasteiger partial charge in [0, 0.05) is 18.8 Å². The maximum atomic E-state index is 12.1. The van der Waals surface area contributed by atoms with Crippen molar-refractivity contribution in [2.24, 2.45) is 0 Å². The molecule has 1 aromatic heterocycles. The second-order valence-corrected chi connectivity index (χ2v) is 11.6. The lowest BCUT2D eigenvalue weighted by Crippen LogP contribution is -2.47. The zero-order valence-corrected chi connectivity index (χ0v) is 19.9. The molecule has 2 aliphatic rings. The van der Waals surface area contributed by atoms with Crippen molar-refractivity contribution in [3.8, 4) is 0 Å². The number of hydrogen-bond donors (Lipinski definition) is 2. The van der Waals surface area contributed by atoms with Crippen LogP contribution in [0, 0.1) is 0 Å². The molecule has 5 rings (SSSR count). The molecule has 2 aliphatic heterocycles. The van der Waals surface area contributed by atoms with Gasteiger partial charge in [-0.25, -0.2) is 13.2 Å².